The van der Waals surface area contributed by atoms with Crippen LogP contribution in [0.3, 0.4) is 0 Å². The highest BCUT2D eigenvalue weighted by atomic mass is 35.5. The molecule has 0 bridgehead atoms. The Labute approximate surface area is 123 Å². The second-order valence-corrected chi connectivity index (χ2v) is 4.46. The first-order valence-electron chi connectivity index (χ1n) is 5.84. The Morgan fingerprint density at radius 2 is 2.19 bits per heavy atom. The lowest BCUT2D eigenvalue weighted by Crippen LogP contribution is -2.27. The van der Waals surface area contributed by atoms with Crippen molar-refractivity contribution in [3.8, 4) is 0 Å². The van der Waals surface area contributed by atoms with Crippen molar-refractivity contribution in [1.82, 2.24) is 20.3 Å². The number of benzene rings is 1. The minimum Gasteiger partial charge on any atom is -0.476 e. The predicted octanol–water partition coefficient (Wildman–Crippen LogP) is 1.20. The highest BCUT2D eigenvalue weighted by Crippen LogP contribution is 2.15. The van der Waals surface area contributed by atoms with Crippen LogP contribution in [-0.4, -0.2) is 38.5 Å². The molecule has 1 aromatic heterocycles. The van der Waals surface area contributed by atoms with Crippen molar-refractivity contribution >= 4 is 23.5 Å². The van der Waals surface area contributed by atoms with Gasteiger partial charge in [-0.05, 0) is 18.2 Å². The molecule has 1 aromatic carbocycles. The lowest BCUT2D eigenvalue weighted by Gasteiger charge is -2.05. The number of halogens is 2. The molecule has 0 saturated carbocycles. The summed E-state index contributed by atoms with van der Waals surface area (Å²) in [7, 11) is 0. The molecule has 0 atom stereocenters. The molecule has 0 spiro atoms. The fourth-order valence-electron chi connectivity index (χ4n) is 1.53. The number of hydrogen-bond donors (Lipinski definition) is 2. The highest BCUT2D eigenvalue weighted by Gasteiger charge is 2.10. The predicted molar refractivity (Wildman–Crippen MR) is 70.7 cm³/mol. The van der Waals surface area contributed by atoms with Crippen LogP contribution in [0.2, 0.25) is 5.02 Å². The van der Waals surface area contributed by atoms with Crippen molar-refractivity contribution in [3.05, 3.63) is 46.5 Å². The Morgan fingerprint density at radius 3 is 2.81 bits per heavy atom. The zero-order valence-corrected chi connectivity index (χ0v) is 11.3. The summed E-state index contributed by atoms with van der Waals surface area (Å²) in [6, 6.07) is 3.65. The van der Waals surface area contributed by atoms with Crippen LogP contribution in [0, 0.1) is 5.82 Å². The number of carboxylic acid groups (broad SMARTS) is 1. The number of hydrogen-bond acceptors (Lipinski definition) is 4. The van der Waals surface area contributed by atoms with Crippen LogP contribution in [0.15, 0.2) is 24.4 Å². The van der Waals surface area contributed by atoms with E-state index in [1.165, 1.54) is 23.0 Å². The van der Waals surface area contributed by atoms with Gasteiger partial charge in [-0.25, -0.2) is 13.9 Å². The normalized spacial score (nSPS) is 10.4. The Balaban J connectivity index is 1.88. The molecule has 0 unspecified atom stereocenters. The number of nitrogens with one attached hydrogen (secondary N) is 1. The average Bonchev–Trinajstić information content (AvgIpc) is 2.91. The summed E-state index contributed by atoms with van der Waals surface area (Å²) >= 11 is 5.59. The molecule has 21 heavy (non-hydrogen) atoms. The van der Waals surface area contributed by atoms with E-state index in [4.69, 9.17) is 16.7 Å². The van der Waals surface area contributed by atoms with Crippen LogP contribution in [0.5, 0.6) is 0 Å². The Hall–Kier alpha value is -2.48. The lowest BCUT2D eigenvalue weighted by atomic mass is 10.2. The second kappa shape index (κ2) is 6.31. The summed E-state index contributed by atoms with van der Waals surface area (Å²) in [5.41, 5.74) is 0.0536. The molecule has 110 valence electrons. The van der Waals surface area contributed by atoms with Gasteiger partial charge in [-0.15, -0.1) is 5.10 Å². The van der Waals surface area contributed by atoms with Gasteiger partial charge in [0.05, 0.1) is 17.8 Å². The molecule has 0 fully saturated rings. The van der Waals surface area contributed by atoms with E-state index in [0.717, 1.165) is 6.07 Å². The van der Waals surface area contributed by atoms with Crippen molar-refractivity contribution in [2.45, 2.75) is 6.54 Å². The van der Waals surface area contributed by atoms with Crippen molar-refractivity contribution in [2.24, 2.45) is 0 Å². The van der Waals surface area contributed by atoms with Gasteiger partial charge in [0.1, 0.15) is 5.82 Å². The number of carbonyl (C=O) groups is 2. The molecular formula is C12H10ClFN4O3. The zero-order chi connectivity index (χ0) is 15.4. The number of aromatic nitrogens is 3. The minimum atomic E-state index is -1.17. The molecule has 0 aliphatic carbocycles. The summed E-state index contributed by atoms with van der Waals surface area (Å²) in [4.78, 5) is 22.4. The van der Waals surface area contributed by atoms with Crippen molar-refractivity contribution in [3.63, 3.8) is 0 Å². The molecule has 0 radical (unpaired) electrons. The van der Waals surface area contributed by atoms with Crippen LogP contribution in [0.25, 0.3) is 0 Å². The van der Waals surface area contributed by atoms with Gasteiger partial charge in [0, 0.05) is 12.1 Å². The van der Waals surface area contributed by atoms with Crippen LogP contribution < -0.4 is 5.32 Å². The fraction of sp³-hybridized carbons (Fsp3) is 0.167. The first-order valence-corrected chi connectivity index (χ1v) is 6.22. The van der Waals surface area contributed by atoms with Gasteiger partial charge in [0.15, 0.2) is 5.69 Å². The number of rotatable bonds is 5. The first-order chi connectivity index (χ1) is 9.97. The van der Waals surface area contributed by atoms with E-state index in [0.29, 0.717) is 0 Å². The average molecular weight is 313 g/mol. The molecule has 9 heteroatoms. The quantitative estimate of drug-likeness (QED) is 0.864. The van der Waals surface area contributed by atoms with E-state index in [2.05, 4.69) is 15.6 Å². The number of carbonyl (C=O) groups excluding carboxylic acids is 1. The van der Waals surface area contributed by atoms with Gasteiger partial charge in [-0.3, -0.25) is 4.79 Å². The molecule has 2 rings (SSSR count). The fourth-order valence-corrected chi connectivity index (χ4v) is 1.71. The summed E-state index contributed by atoms with van der Waals surface area (Å²) in [5.74, 6) is -2.20. The Morgan fingerprint density at radius 1 is 1.43 bits per heavy atom. The van der Waals surface area contributed by atoms with E-state index in [9.17, 15) is 14.0 Å². The summed E-state index contributed by atoms with van der Waals surface area (Å²) in [5, 5.41) is 18.2. The van der Waals surface area contributed by atoms with Gasteiger partial charge in [0.2, 0.25) is 0 Å². The largest absolute Gasteiger partial charge is 0.476 e. The third-order valence-corrected chi connectivity index (χ3v) is 2.86. The van der Waals surface area contributed by atoms with E-state index in [1.807, 2.05) is 0 Å². The van der Waals surface area contributed by atoms with Crippen LogP contribution in [0.1, 0.15) is 20.8 Å². The van der Waals surface area contributed by atoms with Gasteiger partial charge in [-0.2, -0.15) is 0 Å². The molecule has 0 aliphatic rings. The summed E-state index contributed by atoms with van der Waals surface area (Å²) < 4.78 is 14.3. The van der Waals surface area contributed by atoms with Crippen molar-refractivity contribution in [1.29, 1.82) is 0 Å². The van der Waals surface area contributed by atoms with Gasteiger partial charge in [-0.1, -0.05) is 16.8 Å². The van der Waals surface area contributed by atoms with E-state index < -0.39 is 17.7 Å². The molecule has 2 aromatic rings. The van der Waals surface area contributed by atoms with Gasteiger partial charge in [0.25, 0.3) is 5.91 Å². The third-order valence-electron chi connectivity index (χ3n) is 2.57. The monoisotopic (exact) mass is 312 g/mol. The Kier molecular flexibility index (Phi) is 4.49. The SMILES string of the molecule is O=C(NCCn1cc(C(=O)O)nn1)c1ccc(F)c(Cl)c1. The lowest BCUT2D eigenvalue weighted by molar-refractivity contribution is 0.0690. The molecule has 0 aliphatic heterocycles. The molecule has 2 N–H and O–H groups in total. The highest BCUT2D eigenvalue weighted by molar-refractivity contribution is 6.31. The van der Waals surface area contributed by atoms with E-state index >= 15 is 0 Å². The minimum absolute atomic E-state index is 0.134. The summed E-state index contributed by atoms with van der Waals surface area (Å²) in [6.45, 7) is 0.456. The van der Waals surface area contributed by atoms with Crippen LogP contribution >= 0.6 is 11.6 Å². The number of carboxylic acids is 1. The molecule has 7 nitrogen and oxygen atoms in total. The molecular weight excluding hydrogens is 303 g/mol. The maximum absolute atomic E-state index is 13.0. The third kappa shape index (κ3) is 3.76. The molecule has 1 heterocycles. The Bertz CT molecular complexity index is 689. The molecule has 0 saturated heterocycles. The smallest absolute Gasteiger partial charge is 0.358 e. The number of aromatic carboxylic acids is 1. The van der Waals surface area contributed by atoms with E-state index in [-0.39, 0.29) is 29.4 Å². The maximum Gasteiger partial charge on any atom is 0.358 e. The van der Waals surface area contributed by atoms with Crippen molar-refractivity contribution < 1.29 is 19.1 Å². The summed E-state index contributed by atoms with van der Waals surface area (Å²) in [6.07, 6.45) is 1.25. The molecule has 1 amide bonds. The van der Waals surface area contributed by atoms with Gasteiger partial charge >= 0.3 is 5.97 Å². The van der Waals surface area contributed by atoms with E-state index in [1.54, 1.807) is 0 Å². The second-order valence-electron chi connectivity index (χ2n) is 4.06. The van der Waals surface area contributed by atoms with Crippen LogP contribution in [-0.2, 0) is 6.54 Å². The topological polar surface area (TPSA) is 97.1 Å². The van der Waals surface area contributed by atoms with Crippen LogP contribution in [0.4, 0.5) is 4.39 Å². The zero-order valence-electron chi connectivity index (χ0n) is 10.6. The maximum atomic E-state index is 13.0. The standard InChI is InChI=1S/C12H10ClFN4O3/c13-8-5-7(1-2-9(8)14)11(19)15-3-4-18-6-10(12(20)21)16-17-18/h1-2,5-6H,3-4H2,(H,15,19)(H,20,21). The first kappa shape index (κ1) is 14.9. The van der Waals surface area contributed by atoms with Gasteiger partial charge < -0.3 is 10.4 Å². The van der Waals surface area contributed by atoms with Crippen molar-refractivity contribution in [2.75, 3.05) is 6.54 Å². The number of amides is 1. The number of nitrogens with zero attached hydrogens (tertiary/aromatic N) is 3.